The monoisotopic (exact) mass is 375 g/mol. The first kappa shape index (κ1) is 20.2. The SMILES string of the molecule is COc1cc(F)c(C(C)NC(=O)CCc2ccc(C(=O)O)cc2)cc1OC. The van der Waals surface area contributed by atoms with Gasteiger partial charge in [0.05, 0.1) is 25.8 Å². The molecule has 2 N–H and O–H groups in total. The van der Waals surface area contributed by atoms with E-state index in [2.05, 4.69) is 5.32 Å². The first-order valence-electron chi connectivity index (χ1n) is 8.38. The molecule has 6 nitrogen and oxygen atoms in total. The molecule has 0 fully saturated rings. The number of benzene rings is 2. The molecule has 1 unspecified atom stereocenters. The smallest absolute Gasteiger partial charge is 0.335 e. The van der Waals surface area contributed by atoms with Crippen LogP contribution in [-0.4, -0.2) is 31.2 Å². The van der Waals surface area contributed by atoms with Crippen LogP contribution < -0.4 is 14.8 Å². The van der Waals surface area contributed by atoms with Crippen molar-refractivity contribution in [1.29, 1.82) is 0 Å². The Balaban J connectivity index is 1.98. The molecule has 0 radical (unpaired) electrons. The summed E-state index contributed by atoms with van der Waals surface area (Å²) in [4.78, 5) is 23.0. The van der Waals surface area contributed by atoms with Crippen molar-refractivity contribution >= 4 is 11.9 Å². The maximum Gasteiger partial charge on any atom is 0.335 e. The third-order valence-electron chi connectivity index (χ3n) is 4.19. The van der Waals surface area contributed by atoms with Gasteiger partial charge in [0, 0.05) is 18.1 Å². The topological polar surface area (TPSA) is 84.9 Å². The van der Waals surface area contributed by atoms with Gasteiger partial charge in [0.2, 0.25) is 5.91 Å². The van der Waals surface area contributed by atoms with E-state index in [4.69, 9.17) is 14.6 Å². The van der Waals surface area contributed by atoms with Gasteiger partial charge in [-0.15, -0.1) is 0 Å². The number of rotatable bonds is 8. The fraction of sp³-hybridized carbons (Fsp3) is 0.300. The number of aromatic carboxylic acids is 1. The number of carbonyl (C=O) groups is 2. The van der Waals surface area contributed by atoms with Crippen LogP contribution in [-0.2, 0) is 11.2 Å². The molecule has 0 saturated carbocycles. The number of carbonyl (C=O) groups excluding carboxylic acids is 1. The minimum absolute atomic E-state index is 0.195. The van der Waals surface area contributed by atoms with Gasteiger partial charge in [-0.05, 0) is 37.1 Å². The van der Waals surface area contributed by atoms with Crippen molar-refractivity contribution < 1.29 is 28.6 Å². The highest BCUT2D eigenvalue weighted by molar-refractivity contribution is 5.87. The Hall–Kier alpha value is -3.09. The predicted molar refractivity (Wildman–Crippen MR) is 97.8 cm³/mol. The molecule has 2 aromatic carbocycles. The number of carboxylic acid groups (broad SMARTS) is 1. The molecular weight excluding hydrogens is 353 g/mol. The molecule has 1 atom stereocenters. The lowest BCUT2D eigenvalue weighted by Crippen LogP contribution is -2.27. The molecule has 2 rings (SSSR count). The van der Waals surface area contributed by atoms with Crippen molar-refractivity contribution in [3.63, 3.8) is 0 Å². The van der Waals surface area contributed by atoms with E-state index in [9.17, 15) is 14.0 Å². The first-order chi connectivity index (χ1) is 12.8. The Labute approximate surface area is 156 Å². The summed E-state index contributed by atoms with van der Waals surface area (Å²) < 4.78 is 24.5. The van der Waals surface area contributed by atoms with Gasteiger partial charge in [-0.25, -0.2) is 9.18 Å². The van der Waals surface area contributed by atoms with Crippen LogP contribution in [0, 0.1) is 5.82 Å². The summed E-state index contributed by atoms with van der Waals surface area (Å²) in [5.41, 5.74) is 1.34. The Morgan fingerprint density at radius 2 is 1.70 bits per heavy atom. The van der Waals surface area contributed by atoms with Crippen LogP contribution >= 0.6 is 0 Å². The minimum atomic E-state index is -0.995. The molecule has 0 aliphatic rings. The van der Waals surface area contributed by atoms with Crippen LogP contribution in [0.3, 0.4) is 0 Å². The molecule has 0 saturated heterocycles. The second-order valence-corrected chi connectivity index (χ2v) is 6.02. The molecule has 1 amide bonds. The predicted octanol–water partition coefficient (Wildman–Crippen LogP) is 3.35. The van der Waals surface area contributed by atoms with Gasteiger partial charge < -0.3 is 19.9 Å². The van der Waals surface area contributed by atoms with E-state index in [0.29, 0.717) is 17.7 Å². The zero-order valence-electron chi connectivity index (χ0n) is 15.4. The van der Waals surface area contributed by atoms with Crippen molar-refractivity contribution in [2.45, 2.75) is 25.8 Å². The number of hydrogen-bond donors (Lipinski definition) is 2. The third kappa shape index (κ3) is 5.20. The van der Waals surface area contributed by atoms with Gasteiger partial charge in [0.1, 0.15) is 5.82 Å². The Bertz CT molecular complexity index is 820. The molecule has 0 aliphatic heterocycles. The van der Waals surface area contributed by atoms with Crippen molar-refractivity contribution in [2.75, 3.05) is 14.2 Å². The molecule has 0 heterocycles. The highest BCUT2D eigenvalue weighted by Crippen LogP contribution is 2.32. The lowest BCUT2D eigenvalue weighted by atomic mass is 10.0. The number of hydrogen-bond acceptors (Lipinski definition) is 4. The fourth-order valence-corrected chi connectivity index (χ4v) is 2.66. The second kappa shape index (κ2) is 9.02. The average Bonchev–Trinajstić information content (AvgIpc) is 2.66. The van der Waals surface area contributed by atoms with Crippen LogP contribution in [0.5, 0.6) is 11.5 Å². The van der Waals surface area contributed by atoms with E-state index in [1.807, 2.05) is 0 Å². The highest BCUT2D eigenvalue weighted by atomic mass is 19.1. The average molecular weight is 375 g/mol. The largest absolute Gasteiger partial charge is 0.493 e. The number of ether oxygens (including phenoxy) is 2. The number of amides is 1. The number of nitrogens with one attached hydrogen (secondary N) is 1. The van der Waals surface area contributed by atoms with Gasteiger partial charge in [-0.1, -0.05) is 12.1 Å². The van der Waals surface area contributed by atoms with Gasteiger partial charge in [0.15, 0.2) is 11.5 Å². The summed E-state index contributed by atoms with van der Waals surface area (Å²) in [5.74, 6) is -1.07. The van der Waals surface area contributed by atoms with E-state index in [-0.39, 0.29) is 23.6 Å². The normalized spacial score (nSPS) is 11.6. The van der Waals surface area contributed by atoms with Crippen LogP contribution in [0.4, 0.5) is 4.39 Å². The van der Waals surface area contributed by atoms with Crippen LogP contribution in [0.25, 0.3) is 0 Å². The van der Waals surface area contributed by atoms with Gasteiger partial charge >= 0.3 is 5.97 Å². The van der Waals surface area contributed by atoms with Crippen molar-refractivity contribution in [1.82, 2.24) is 5.32 Å². The van der Waals surface area contributed by atoms with E-state index < -0.39 is 17.8 Å². The molecule has 0 bridgehead atoms. The summed E-state index contributed by atoms with van der Waals surface area (Å²) in [6, 6.07) is 8.52. The minimum Gasteiger partial charge on any atom is -0.493 e. The third-order valence-corrected chi connectivity index (χ3v) is 4.19. The molecule has 0 spiro atoms. The number of carboxylic acids is 1. The molecule has 27 heavy (non-hydrogen) atoms. The Morgan fingerprint density at radius 3 is 2.26 bits per heavy atom. The zero-order valence-corrected chi connectivity index (χ0v) is 15.4. The first-order valence-corrected chi connectivity index (χ1v) is 8.38. The van der Waals surface area contributed by atoms with Gasteiger partial charge in [0.25, 0.3) is 0 Å². The summed E-state index contributed by atoms with van der Waals surface area (Å²) >= 11 is 0. The van der Waals surface area contributed by atoms with E-state index in [1.54, 1.807) is 19.1 Å². The Morgan fingerprint density at radius 1 is 1.11 bits per heavy atom. The van der Waals surface area contributed by atoms with Gasteiger partial charge in [-0.3, -0.25) is 4.79 Å². The van der Waals surface area contributed by atoms with E-state index in [0.717, 1.165) is 5.56 Å². The highest BCUT2D eigenvalue weighted by Gasteiger charge is 2.18. The standard InChI is InChI=1S/C20H22FNO5/c1-12(15-10-17(26-2)18(27-3)11-16(15)21)22-19(23)9-6-13-4-7-14(8-5-13)20(24)25/h4-5,7-8,10-12H,6,9H2,1-3H3,(H,22,23)(H,24,25). The molecule has 2 aromatic rings. The number of halogens is 1. The van der Waals surface area contributed by atoms with Crippen molar-refractivity contribution in [3.8, 4) is 11.5 Å². The summed E-state index contributed by atoms with van der Waals surface area (Å²) in [6.45, 7) is 1.68. The Kier molecular flexibility index (Phi) is 6.76. The lowest BCUT2D eigenvalue weighted by molar-refractivity contribution is -0.121. The maximum atomic E-state index is 14.3. The van der Waals surface area contributed by atoms with Gasteiger partial charge in [-0.2, -0.15) is 0 Å². The summed E-state index contributed by atoms with van der Waals surface area (Å²) in [6.07, 6.45) is 0.651. The van der Waals surface area contributed by atoms with E-state index >= 15 is 0 Å². The summed E-state index contributed by atoms with van der Waals surface area (Å²) in [5, 5.41) is 11.6. The quantitative estimate of drug-likeness (QED) is 0.739. The fourth-order valence-electron chi connectivity index (χ4n) is 2.66. The van der Waals surface area contributed by atoms with Crippen molar-refractivity contribution in [3.05, 3.63) is 58.9 Å². The van der Waals surface area contributed by atoms with Crippen LogP contribution in [0.2, 0.25) is 0 Å². The number of methoxy groups -OCH3 is 2. The zero-order chi connectivity index (χ0) is 20.0. The summed E-state index contributed by atoms with van der Waals surface area (Å²) in [7, 11) is 2.88. The van der Waals surface area contributed by atoms with Crippen molar-refractivity contribution in [2.24, 2.45) is 0 Å². The second-order valence-electron chi connectivity index (χ2n) is 6.02. The van der Waals surface area contributed by atoms with Crippen LogP contribution in [0.1, 0.15) is 40.9 Å². The molecule has 0 aromatic heterocycles. The number of aryl methyl sites for hydroxylation is 1. The molecule has 0 aliphatic carbocycles. The van der Waals surface area contributed by atoms with Crippen LogP contribution in [0.15, 0.2) is 36.4 Å². The molecular formula is C20H22FNO5. The molecule has 7 heteroatoms. The lowest BCUT2D eigenvalue weighted by Gasteiger charge is -2.17. The van der Waals surface area contributed by atoms with E-state index in [1.165, 1.54) is 38.5 Å². The molecule has 144 valence electrons. The maximum absolute atomic E-state index is 14.3.